The van der Waals surface area contributed by atoms with Gasteiger partial charge in [0.2, 0.25) is 0 Å². The molecule has 2 nitrogen and oxygen atoms in total. The van der Waals surface area contributed by atoms with Gasteiger partial charge in [0, 0.05) is 47.2 Å². The van der Waals surface area contributed by atoms with Crippen LogP contribution in [0.2, 0.25) is 0 Å². The average Bonchev–Trinajstić information content (AvgIpc) is 3.31. The molecule has 0 N–H and O–H groups in total. The Morgan fingerprint density at radius 1 is 0.667 bits per heavy atom. The van der Waals surface area contributed by atoms with Gasteiger partial charge in [-0.1, -0.05) is 73.9 Å². The van der Waals surface area contributed by atoms with Crippen molar-refractivity contribution in [2.24, 2.45) is 0 Å². The van der Waals surface area contributed by atoms with Gasteiger partial charge in [0.05, 0.1) is 11.4 Å². The Bertz CT molecular complexity index is 1930. The Morgan fingerprint density at radius 3 is 2.07 bits per heavy atom. The molecular formula is C40H42N2. The third-order valence-electron chi connectivity index (χ3n) is 10.7. The van der Waals surface area contributed by atoms with Crippen LogP contribution in [0.15, 0.2) is 66.7 Å². The molecule has 42 heavy (non-hydrogen) atoms. The van der Waals surface area contributed by atoms with E-state index in [2.05, 4.69) is 117 Å². The number of allylic oxidation sites excluding steroid dienone is 1. The van der Waals surface area contributed by atoms with E-state index in [1.807, 2.05) is 0 Å². The standard InChI is InChI=1S/C40H42N2/c1-40(2,3)42(5)39-31-19-12-11-18-30(31)38(41(4)26-15-7-6-8-16-26)35-23-32-29-21-13-20-28-27-17-10-9-14-25(27)22-34(37(28)29)33(32)24-36(35)39/h10-13,17-24,26H,6-9,14-16H2,1-5H3. The van der Waals surface area contributed by atoms with Gasteiger partial charge in [0.15, 0.2) is 0 Å². The molecule has 0 bridgehead atoms. The van der Waals surface area contributed by atoms with Crippen LogP contribution in [0.1, 0.15) is 70.4 Å². The molecule has 8 rings (SSSR count). The fourth-order valence-corrected chi connectivity index (χ4v) is 8.20. The minimum absolute atomic E-state index is 0.0140. The van der Waals surface area contributed by atoms with Crippen molar-refractivity contribution in [3.8, 4) is 22.3 Å². The Balaban J connectivity index is 1.50. The Kier molecular flexibility index (Phi) is 5.77. The number of anilines is 2. The fraction of sp³-hybridized carbons (Fsp3) is 0.350. The van der Waals surface area contributed by atoms with Gasteiger partial charge in [-0.2, -0.15) is 0 Å². The van der Waals surface area contributed by atoms with E-state index >= 15 is 0 Å². The molecule has 5 aromatic carbocycles. The summed E-state index contributed by atoms with van der Waals surface area (Å²) in [7, 11) is 4.66. The molecule has 0 spiro atoms. The van der Waals surface area contributed by atoms with Gasteiger partial charge in [-0.15, -0.1) is 0 Å². The largest absolute Gasteiger partial charge is 0.371 e. The quantitative estimate of drug-likeness (QED) is 0.160. The van der Waals surface area contributed by atoms with Crippen molar-refractivity contribution in [2.75, 3.05) is 23.9 Å². The Hall–Kier alpha value is -3.78. The number of hydrogen-bond acceptors (Lipinski definition) is 2. The first kappa shape index (κ1) is 25.9. The summed E-state index contributed by atoms with van der Waals surface area (Å²) in [5.41, 5.74) is 11.3. The van der Waals surface area contributed by atoms with Crippen molar-refractivity contribution in [2.45, 2.75) is 77.3 Å². The second-order valence-electron chi connectivity index (χ2n) is 14.0. The summed E-state index contributed by atoms with van der Waals surface area (Å²) in [6.45, 7) is 7.00. The van der Waals surface area contributed by atoms with Gasteiger partial charge in [0.25, 0.3) is 0 Å². The van der Waals surface area contributed by atoms with Crippen molar-refractivity contribution in [1.29, 1.82) is 0 Å². The molecule has 0 radical (unpaired) electrons. The minimum atomic E-state index is -0.0140. The third kappa shape index (κ3) is 3.70. The predicted molar refractivity (Wildman–Crippen MR) is 184 cm³/mol. The Morgan fingerprint density at radius 2 is 1.33 bits per heavy atom. The summed E-state index contributed by atoms with van der Waals surface area (Å²) in [5, 5.41) is 8.34. The van der Waals surface area contributed by atoms with Crippen LogP contribution in [0.5, 0.6) is 0 Å². The maximum absolute atomic E-state index is 2.66. The highest BCUT2D eigenvalue weighted by Crippen LogP contribution is 2.54. The van der Waals surface area contributed by atoms with Crippen molar-refractivity contribution < 1.29 is 0 Å². The summed E-state index contributed by atoms with van der Waals surface area (Å²) in [6.07, 6.45) is 13.6. The van der Waals surface area contributed by atoms with Crippen LogP contribution in [0, 0.1) is 0 Å². The van der Waals surface area contributed by atoms with E-state index in [1.54, 1.807) is 0 Å². The monoisotopic (exact) mass is 550 g/mol. The molecule has 1 saturated carbocycles. The van der Waals surface area contributed by atoms with E-state index in [1.165, 1.54) is 109 Å². The first-order valence-corrected chi connectivity index (χ1v) is 16.1. The fourth-order valence-electron chi connectivity index (χ4n) is 8.20. The number of nitrogens with zero attached hydrogens (tertiary/aromatic N) is 2. The Labute approximate surface area is 250 Å². The lowest BCUT2D eigenvalue weighted by Gasteiger charge is -2.39. The summed E-state index contributed by atoms with van der Waals surface area (Å²) < 4.78 is 0. The van der Waals surface area contributed by atoms with Crippen molar-refractivity contribution in [3.63, 3.8) is 0 Å². The lowest BCUT2D eigenvalue weighted by atomic mass is 9.88. The second-order valence-corrected chi connectivity index (χ2v) is 14.0. The van der Waals surface area contributed by atoms with Gasteiger partial charge in [-0.3, -0.25) is 0 Å². The van der Waals surface area contributed by atoms with Crippen LogP contribution in [0.3, 0.4) is 0 Å². The number of fused-ring (bicyclic) bond motifs is 7. The van der Waals surface area contributed by atoms with E-state index in [-0.39, 0.29) is 5.54 Å². The summed E-state index contributed by atoms with van der Waals surface area (Å²) in [6, 6.07) is 24.4. The zero-order chi connectivity index (χ0) is 28.7. The number of benzene rings is 5. The normalized spacial score (nSPS) is 16.3. The van der Waals surface area contributed by atoms with Crippen molar-refractivity contribution in [1.82, 2.24) is 0 Å². The first-order chi connectivity index (χ1) is 20.3. The average molecular weight is 551 g/mol. The van der Waals surface area contributed by atoms with E-state index in [4.69, 9.17) is 0 Å². The van der Waals surface area contributed by atoms with Crippen LogP contribution in [0.25, 0.3) is 60.6 Å². The van der Waals surface area contributed by atoms with Crippen molar-refractivity contribution >= 4 is 49.8 Å². The second kappa shape index (κ2) is 9.36. The highest BCUT2D eigenvalue weighted by atomic mass is 15.2. The molecule has 0 heterocycles. The molecule has 0 amide bonds. The zero-order valence-corrected chi connectivity index (χ0v) is 25.8. The summed E-state index contributed by atoms with van der Waals surface area (Å²) in [5.74, 6) is 0. The highest BCUT2D eigenvalue weighted by molar-refractivity contribution is 6.25. The predicted octanol–water partition coefficient (Wildman–Crippen LogP) is 10.8. The van der Waals surface area contributed by atoms with Gasteiger partial charge in [-0.25, -0.2) is 0 Å². The smallest absolute Gasteiger partial charge is 0.0529 e. The van der Waals surface area contributed by atoms with Gasteiger partial charge in [0.1, 0.15) is 0 Å². The number of rotatable bonds is 3. The molecule has 0 atom stereocenters. The molecule has 0 saturated heterocycles. The molecule has 3 aliphatic carbocycles. The topological polar surface area (TPSA) is 6.48 Å². The number of aryl methyl sites for hydroxylation is 1. The molecule has 0 unspecified atom stereocenters. The van der Waals surface area contributed by atoms with Crippen LogP contribution in [-0.4, -0.2) is 25.7 Å². The summed E-state index contributed by atoms with van der Waals surface area (Å²) >= 11 is 0. The van der Waals surface area contributed by atoms with E-state index in [0.717, 1.165) is 12.8 Å². The lowest BCUT2D eigenvalue weighted by Crippen LogP contribution is -2.38. The first-order valence-electron chi connectivity index (χ1n) is 16.1. The lowest BCUT2D eigenvalue weighted by molar-refractivity contribution is 0.428. The SMILES string of the molecule is CN(c1c2ccccc2c(N(C)C(C)(C)C)c2cc3c(cc12)-c1cccc2c4c(cc-3c12)CCC=C4)C1CCCCC1. The zero-order valence-electron chi connectivity index (χ0n) is 25.8. The van der Waals surface area contributed by atoms with E-state index in [9.17, 15) is 0 Å². The van der Waals surface area contributed by atoms with Crippen molar-refractivity contribution in [3.05, 3.63) is 77.9 Å². The van der Waals surface area contributed by atoms with Crippen LogP contribution >= 0.6 is 0 Å². The van der Waals surface area contributed by atoms with E-state index in [0.29, 0.717) is 6.04 Å². The minimum Gasteiger partial charge on any atom is -0.371 e. The van der Waals surface area contributed by atoms with Crippen LogP contribution in [-0.2, 0) is 6.42 Å². The maximum atomic E-state index is 2.66. The molecule has 0 aromatic heterocycles. The molecule has 1 fully saturated rings. The maximum Gasteiger partial charge on any atom is 0.0529 e. The van der Waals surface area contributed by atoms with Crippen LogP contribution in [0.4, 0.5) is 11.4 Å². The van der Waals surface area contributed by atoms with Crippen LogP contribution < -0.4 is 9.80 Å². The molecule has 2 heteroatoms. The van der Waals surface area contributed by atoms with E-state index < -0.39 is 0 Å². The molecule has 0 aliphatic heterocycles. The van der Waals surface area contributed by atoms with Gasteiger partial charge >= 0.3 is 0 Å². The van der Waals surface area contributed by atoms with Gasteiger partial charge in [-0.05, 0) is 109 Å². The summed E-state index contributed by atoms with van der Waals surface area (Å²) in [4.78, 5) is 5.17. The molecule has 5 aromatic rings. The van der Waals surface area contributed by atoms with Gasteiger partial charge < -0.3 is 9.80 Å². The number of hydrogen-bond donors (Lipinski definition) is 0. The molecular weight excluding hydrogens is 508 g/mol. The molecule has 212 valence electrons. The third-order valence-corrected chi connectivity index (χ3v) is 10.7. The molecule has 3 aliphatic rings. The highest BCUT2D eigenvalue weighted by Gasteiger charge is 2.31.